The van der Waals surface area contributed by atoms with Gasteiger partial charge < -0.3 is 24.6 Å². The van der Waals surface area contributed by atoms with Gasteiger partial charge in [0.1, 0.15) is 6.10 Å². The van der Waals surface area contributed by atoms with Gasteiger partial charge in [-0.25, -0.2) is 4.79 Å². The number of ether oxygens (including phenoxy) is 3. The molecule has 7 nitrogen and oxygen atoms in total. The molecule has 0 bridgehead atoms. The summed E-state index contributed by atoms with van der Waals surface area (Å²) in [6.45, 7) is 9.63. The molecular formula is C38H48F3NO6. The van der Waals surface area contributed by atoms with Crippen molar-refractivity contribution in [3.63, 3.8) is 0 Å². The number of carbonyl (C=O) groups is 2. The van der Waals surface area contributed by atoms with Gasteiger partial charge in [0.05, 0.1) is 24.4 Å². The number of esters is 1. The first-order chi connectivity index (χ1) is 22.7. The lowest BCUT2D eigenvalue weighted by molar-refractivity contribution is -0.266. The zero-order valence-electron chi connectivity index (χ0n) is 28.4. The van der Waals surface area contributed by atoms with Gasteiger partial charge in [0.15, 0.2) is 0 Å². The van der Waals surface area contributed by atoms with Crippen LogP contribution in [0.15, 0.2) is 102 Å². The molecule has 10 heteroatoms. The highest BCUT2D eigenvalue weighted by Gasteiger charge is 2.63. The van der Waals surface area contributed by atoms with E-state index in [-0.39, 0.29) is 35.9 Å². The van der Waals surface area contributed by atoms with Gasteiger partial charge in [-0.1, -0.05) is 104 Å². The first-order valence-corrected chi connectivity index (χ1v) is 16.2. The first kappa shape index (κ1) is 38.7. The minimum Gasteiger partial charge on any atom is -0.455 e. The first-order valence-electron chi connectivity index (χ1n) is 16.2. The normalized spacial score (nSPS) is 26.9. The minimum absolute atomic E-state index is 0.107. The number of amides is 1. The van der Waals surface area contributed by atoms with Gasteiger partial charge in [0.2, 0.25) is 0 Å². The third-order valence-corrected chi connectivity index (χ3v) is 8.57. The molecule has 1 aromatic rings. The monoisotopic (exact) mass is 671 g/mol. The van der Waals surface area contributed by atoms with Crippen molar-refractivity contribution in [3.05, 3.63) is 108 Å². The summed E-state index contributed by atoms with van der Waals surface area (Å²) in [5.74, 6) is -1.84. The number of halogens is 3. The number of allylic oxidation sites excluding steroid dienone is 7. The molecule has 1 amide bonds. The quantitative estimate of drug-likeness (QED) is 0.131. The fourth-order valence-electron chi connectivity index (χ4n) is 6.03. The predicted octanol–water partition coefficient (Wildman–Crippen LogP) is 7.21. The number of methoxy groups -OCH3 is 1. The Kier molecular flexibility index (Phi) is 14.2. The lowest BCUT2D eigenvalue weighted by Crippen LogP contribution is -2.60. The lowest BCUT2D eigenvalue weighted by Gasteiger charge is -2.41. The Labute approximate surface area is 281 Å². The van der Waals surface area contributed by atoms with Gasteiger partial charge in [0, 0.05) is 37.5 Å². The number of rotatable bonds is 13. The van der Waals surface area contributed by atoms with E-state index >= 15 is 0 Å². The van der Waals surface area contributed by atoms with E-state index in [4.69, 9.17) is 14.2 Å². The molecule has 2 aliphatic heterocycles. The molecule has 0 spiro atoms. The molecule has 0 aromatic heterocycles. The number of hydrogen-bond acceptors (Lipinski definition) is 6. The van der Waals surface area contributed by atoms with Gasteiger partial charge in [0.25, 0.3) is 11.5 Å². The van der Waals surface area contributed by atoms with Crippen LogP contribution < -0.4 is 5.32 Å². The van der Waals surface area contributed by atoms with Crippen molar-refractivity contribution in [2.45, 2.75) is 96.1 Å². The van der Waals surface area contributed by atoms with Crippen LogP contribution in [0.3, 0.4) is 0 Å². The molecule has 2 N–H and O–H groups in total. The smallest absolute Gasteiger partial charge is 0.430 e. The molecule has 262 valence electrons. The van der Waals surface area contributed by atoms with E-state index in [0.717, 1.165) is 18.3 Å². The average molecular weight is 672 g/mol. The highest BCUT2D eigenvalue weighted by molar-refractivity contribution is 5.88. The minimum atomic E-state index is -5.08. The number of cyclic esters (lactones) is 1. The zero-order chi connectivity index (χ0) is 35.5. The van der Waals surface area contributed by atoms with Crippen LogP contribution in [0.2, 0.25) is 0 Å². The third kappa shape index (κ3) is 10.1. The van der Waals surface area contributed by atoms with Crippen molar-refractivity contribution in [2.24, 2.45) is 11.8 Å². The maximum Gasteiger partial charge on any atom is 0.430 e. The number of benzene rings is 1. The average Bonchev–Trinajstić information content (AvgIpc) is 3.02. The van der Waals surface area contributed by atoms with Gasteiger partial charge in [-0.05, 0) is 39.2 Å². The zero-order valence-corrected chi connectivity index (χ0v) is 28.4. The standard InChI is InChI=1S/C38H48F3NO6/c1-7-13-33-28(5)32(43)24-34(48-33)31(42-36(45)37(46-6,38(39,40)41)29-15-9-8-10-16-29)18-11-14-25(2)22-27(4)23-26(3)20-21-30-17-12-19-35(44)47-30/h7-16,18-21,23,27-28,30-34,43H,17,22,24H2,1-6H3,(H,42,45)/b13-7+,18-11+,21-20+,25-14+,26-23-/t27-,28+,30-,31+,32-,33+,34+,37+/m1/s1. The Balaban J connectivity index is 1.84. The highest BCUT2D eigenvalue weighted by atomic mass is 19.4. The van der Waals surface area contributed by atoms with E-state index in [1.807, 2.05) is 45.9 Å². The molecule has 1 saturated heterocycles. The molecule has 48 heavy (non-hydrogen) atoms. The maximum absolute atomic E-state index is 14.7. The molecule has 0 saturated carbocycles. The SMILES string of the molecule is C/C=C/[C@@H]1O[C@H]([C@H](/C=C/C=C(\C)C[C@@H](C)/C=C(C)\C=C\[C@H]2CC=CC(=O)O2)NC(=O)[C@@](OC)(c2ccccc2)C(F)(F)F)C[C@@H](O)[C@@H]1C. The molecule has 3 rings (SSSR count). The van der Waals surface area contributed by atoms with Crippen molar-refractivity contribution in [2.75, 3.05) is 7.11 Å². The molecule has 0 aliphatic carbocycles. The second-order valence-corrected chi connectivity index (χ2v) is 12.5. The maximum atomic E-state index is 14.7. The molecule has 2 heterocycles. The Morgan fingerprint density at radius 3 is 2.52 bits per heavy atom. The van der Waals surface area contributed by atoms with Crippen molar-refractivity contribution in [1.82, 2.24) is 5.32 Å². The fourth-order valence-corrected chi connectivity index (χ4v) is 6.03. The van der Waals surface area contributed by atoms with E-state index in [2.05, 4.69) is 18.3 Å². The van der Waals surface area contributed by atoms with Crippen molar-refractivity contribution >= 4 is 11.9 Å². The highest BCUT2D eigenvalue weighted by Crippen LogP contribution is 2.42. The molecule has 0 unspecified atom stereocenters. The van der Waals surface area contributed by atoms with Crippen LogP contribution in [0.25, 0.3) is 0 Å². The number of alkyl halides is 3. The topological polar surface area (TPSA) is 94.1 Å². The summed E-state index contributed by atoms with van der Waals surface area (Å²) in [7, 11) is 0.858. The second kappa shape index (κ2) is 17.6. The third-order valence-electron chi connectivity index (χ3n) is 8.57. The van der Waals surface area contributed by atoms with Crippen LogP contribution in [0.1, 0.15) is 59.4 Å². The summed E-state index contributed by atoms with van der Waals surface area (Å²) in [5.41, 5.74) is -1.61. The van der Waals surface area contributed by atoms with E-state index in [9.17, 15) is 27.9 Å². The van der Waals surface area contributed by atoms with E-state index < -0.39 is 42.0 Å². The summed E-state index contributed by atoms with van der Waals surface area (Å²) < 4.78 is 60.6. The molecule has 1 fully saturated rings. The molecule has 1 aromatic carbocycles. The van der Waals surface area contributed by atoms with Crippen LogP contribution in [-0.4, -0.2) is 60.7 Å². The van der Waals surface area contributed by atoms with Crippen molar-refractivity contribution in [3.8, 4) is 0 Å². The Morgan fingerprint density at radius 2 is 1.90 bits per heavy atom. The van der Waals surface area contributed by atoms with Crippen LogP contribution >= 0.6 is 0 Å². The number of aliphatic hydroxyl groups is 1. The molecule has 2 aliphatic rings. The largest absolute Gasteiger partial charge is 0.455 e. The Hall–Kier alpha value is -3.73. The van der Waals surface area contributed by atoms with Gasteiger partial charge in [-0.2, -0.15) is 13.2 Å². The van der Waals surface area contributed by atoms with Crippen LogP contribution in [0.4, 0.5) is 13.2 Å². The summed E-state index contributed by atoms with van der Waals surface area (Å²) in [6.07, 6.45) is 11.8. The molecule has 0 radical (unpaired) electrons. The Morgan fingerprint density at radius 1 is 1.19 bits per heavy atom. The molecular weight excluding hydrogens is 623 g/mol. The van der Waals surface area contributed by atoms with Crippen molar-refractivity contribution < 1.29 is 42.1 Å². The number of nitrogens with one attached hydrogen (secondary N) is 1. The molecule has 8 atom stereocenters. The number of aliphatic hydroxyl groups excluding tert-OH is 1. The van der Waals surface area contributed by atoms with Gasteiger partial charge >= 0.3 is 12.1 Å². The fraction of sp³-hybridized carbons (Fsp3) is 0.474. The number of carbonyl (C=O) groups excluding carboxylic acids is 2. The predicted molar refractivity (Wildman–Crippen MR) is 180 cm³/mol. The van der Waals surface area contributed by atoms with Gasteiger partial charge in [-0.15, -0.1) is 0 Å². The number of hydrogen-bond donors (Lipinski definition) is 2. The van der Waals surface area contributed by atoms with Crippen LogP contribution in [0.5, 0.6) is 0 Å². The van der Waals surface area contributed by atoms with Gasteiger partial charge in [-0.3, -0.25) is 4.79 Å². The lowest BCUT2D eigenvalue weighted by atomic mass is 9.86. The second-order valence-electron chi connectivity index (χ2n) is 12.5. The summed E-state index contributed by atoms with van der Waals surface area (Å²) >= 11 is 0. The summed E-state index contributed by atoms with van der Waals surface area (Å²) in [4.78, 5) is 25.1. The summed E-state index contributed by atoms with van der Waals surface area (Å²) in [5, 5.41) is 13.4. The Bertz CT molecular complexity index is 1410. The van der Waals surface area contributed by atoms with Crippen LogP contribution in [-0.2, 0) is 29.4 Å². The van der Waals surface area contributed by atoms with E-state index in [0.29, 0.717) is 12.8 Å². The van der Waals surface area contributed by atoms with E-state index in [1.54, 1.807) is 36.4 Å². The summed E-state index contributed by atoms with van der Waals surface area (Å²) in [6, 6.07) is 5.76. The van der Waals surface area contributed by atoms with Crippen LogP contribution in [0, 0.1) is 11.8 Å². The van der Waals surface area contributed by atoms with E-state index in [1.165, 1.54) is 30.3 Å². The van der Waals surface area contributed by atoms with Crippen molar-refractivity contribution in [1.29, 1.82) is 0 Å².